The molecule has 0 radical (unpaired) electrons. The van der Waals surface area contributed by atoms with E-state index in [-0.39, 0.29) is 11.8 Å². The highest BCUT2D eigenvalue weighted by Gasteiger charge is 2.14. The fourth-order valence-electron chi connectivity index (χ4n) is 2.61. The van der Waals surface area contributed by atoms with Gasteiger partial charge in [0.1, 0.15) is 11.6 Å². The monoisotopic (exact) mass is 336 g/mol. The number of aromatic nitrogens is 2. The summed E-state index contributed by atoms with van der Waals surface area (Å²) in [6.07, 6.45) is 0. The van der Waals surface area contributed by atoms with Gasteiger partial charge in [-0.15, -0.1) is 0 Å². The molecular weight excluding hydrogens is 312 g/mol. The fourth-order valence-corrected chi connectivity index (χ4v) is 2.61. The number of aryl methyl sites for hydroxylation is 1. The van der Waals surface area contributed by atoms with E-state index in [1.54, 1.807) is 6.07 Å². The van der Waals surface area contributed by atoms with Crippen LogP contribution in [0.4, 0.5) is 5.82 Å². The van der Waals surface area contributed by atoms with E-state index in [1.807, 2.05) is 43.3 Å². The van der Waals surface area contributed by atoms with E-state index < -0.39 is 0 Å². The zero-order valence-electron chi connectivity index (χ0n) is 14.8. The van der Waals surface area contributed by atoms with Crippen molar-refractivity contribution in [1.29, 1.82) is 0 Å². The first-order chi connectivity index (χ1) is 12.0. The van der Waals surface area contributed by atoms with Gasteiger partial charge in [-0.3, -0.25) is 0 Å². The van der Waals surface area contributed by atoms with E-state index in [1.165, 1.54) is 0 Å². The van der Waals surface area contributed by atoms with Crippen molar-refractivity contribution < 1.29 is 5.11 Å². The number of para-hydroxylation sites is 1. The molecule has 1 atom stereocenters. The van der Waals surface area contributed by atoms with E-state index in [9.17, 15) is 5.11 Å². The third-order valence-electron chi connectivity index (χ3n) is 4.36. The molecule has 2 aromatic carbocycles. The second kappa shape index (κ2) is 7.07. The minimum absolute atomic E-state index is 0.0320. The number of aromatic hydroxyl groups is 1. The Labute approximate surface area is 147 Å². The summed E-state index contributed by atoms with van der Waals surface area (Å²) >= 11 is 0. The lowest BCUT2D eigenvalue weighted by Crippen LogP contribution is -2.34. The molecule has 0 saturated carbocycles. The molecular formula is C20H24N4O. The van der Waals surface area contributed by atoms with E-state index in [4.69, 9.17) is 5.73 Å². The molecule has 1 aromatic heterocycles. The number of anilines is 1. The Kier molecular flexibility index (Phi) is 4.86. The molecule has 3 aromatic rings. The highest BCUT2D eigenvalue weighted by atomic mass is 16.3. The van der Waals surface area contributed by atoms with E-state index in [0.29, 0.717) is 23.9 Å². The summed E-state index contributed by atoms with van der Waals surface area (Å²) in [4.78, 5) is 9.29. The molecule has 3 rings (SSSR count). The Morgan fingerprint density at radius 3 is 2.64 bits per heavy atom. The summed E-state index contributed by atoms with van der Waals surface area (Å²) in [6.45, 7) is 6.80. The van der Waals surface area contributed by atoms with Gasteiger partial charge in [0.25, 0.3) is 0 Å². The van der Waals surface area contributed by atoms with Crippen LogP contribution in [0.25, 0.3) is 22.3 Å². The van der Waals surface area contributed by atoms with Gasteiger partial charge in [0.2, 0.25) is 0 Å². The van der Waals surface area contributed by atoms with Gasteiger partial charge < -0.3 is 16.2 Å². The minimum atomic E-state index is 0.0320. The third kappa shape index (κ3) is 3.72. The topological polar surface area (TPSA) is 84.1 Å². The van der Waals surface area contributed by atoms with Gasteiger partial charge in [-0.05, 0) is 37.1 Å². The molecule has 0 aliphatic rings. The van der Waals surface area contributed by atoms with Crippen LogP contribution in [0.3, 0.4) is 0 Å². The van der Waals surface area contributed by atoms with Crippen molar-refractivity contribution in [3.8, 4) is 17.1 Å². The molecule has 0 fully saturated rings. The Morgan fingerprint density at radius 1 is 1.12 bits per heavy atom. The van der Waals surface area contributed by atoms with Crippen LogP contribution in [0, 0.1) is 12.8 Å². The summed E-state index contributed by atoms with van der Waals surface area (Å²) < 4.78 is 0. The number of hydrogen-bond donors (Lipinski definition) is 3. The molecule has 0 unspecified atom stereocenters. The standard InChI is InChI=1S/C20H24N4O/c1-12(2)16(21)11-22-19-14-6-4-5-7-17(14)23-20(24-19)15-10-13(3)8-9-18(15)25/h4-10,12,16,25H,11,21H2,1-3H3,(H,22,23,24)/t16-/m0/s1. The molecule has 5 heteroatoms. The number of hydrogen-bond acceptors (Lipinski definition) is 5. The molecule has 4 N–H and O–H groups in total. The van der Waals surface area contributed by atoms with Gasteiger partial charge in [-0.1, -0.05) is 37.6 Å². The van der Waals surface area contributed by atoms with Gasteiger partial charge >= 0.3 is 0 Å². The minimum Gasteiger partial charge on any atom is -0.507 e. The maximum atomic E-state index is 10.2. The number of nitrogens with zero attached hydrogens (tertiary/aromatic N) is 2. The van der Waals surface area contributed by atoms with E-state index in [0.717, 1.165) is 22.3 Å². The predicted molar refractivity (Wildman–Crippen MR) is 103 cm³/mol. The second-order valence-electron chi connectivity index (χ2n) is 6.72. The Balaban J connectivity index is 2.07. The van der Waals surface area contributed by atoms with Gasteiger partial charge in [0, 0.05) is 18.0 Å². The van der Waals surface area contributed by atoms with Crippen molar-refractivity contribution in [2.45, 2.75) is 26.8 Å². The van der Waals surface area contributed by atoms with Gasteiger partial charge in [0.15, 0.2) is 5.82 Å². The van der Waals surface area contributed by atoms with Crippen molar-refractivity contribution in [1.82, 2.24) is 9.97 Å². The van der Waals surface area contributed by atoms with Crippen molar-refractivity contribution in [2.75, 3.05) is 11.9 Å². The van der Waals surface area contributed by atoms with Crippen LogP contribution >= 0.6 is 0 Å². The first-order valence-corrected chi connectivity index (χ1v) is 8.52. The number of phenols is 1. The highest BCUT2D eigenvalue weighted by Crippen LogP contribution is 2.30. The normalized spacial score (nSPS) is 12.5. The van der Waals surface area contributed by atoms with Crippen LogP contribution in [-0.4, -0.2) is 27.7 Å². The Morgan fingerprint density at radius 2 is 1.88 bits per heavy atom. The van der Waals surface area contributed by atoms with Crippen LogP contribution < -0.4 is 11.1 Å². The zero-order chi connectivity index (χ0) is 18.0. The van der Waals surface area contributed by atoms with E-state index in [2.05, 4.69) is 29.1 Å². The van der Waals surface area contributed by atoms with Gasteiger partial charge in [0.05, 0.1) is 11.1 Å². The van der Waals surface area contributed by atoms with Crippen molar-refractivity contribution in [3.63, 3.8) is 0 Å². The fraction of sp³-hybridized carbons (Fsp3) is 0.300. The Hall–Kier alpha value is -2.66. The maximum Gasteiger partial charge on any atom is 0.165 e. The third-order valence-corrected chi connectivity index (χ3v) is 4.36. The molecule has 0 amide bonds. The smallest absolute Gasteiger partial charge is 0.165 e. The first-order valence-electron chi connectivity index (χ1n) is 8.52. The SMILES string of the molecule is Cc1ccc(O)c(-c2nc(NC[C@H](N)C(C)C)c3ccccc3n2)c1. The Bertz CT molecular complexity index is 892. The highest BCUT2D eigenvalue weighted by molar-refractivity contribution is 5.90. The molecule has 0 saturated heterocycles. The van der Waals surface area contributed by atoms with Crippen LogP contribution in [-0.2, 0) is 0 Å². The number of nitrogens with one attached hydrogen (secondary N) is 1. The summed E-state index contributed by atoms with van der Waals surface area (Å²) in [7, 11) is 0. The molecule has 0 aliphatic carbocycles. The molecule has 0 aliphatic heterocycles. The molecule has 25 heavy (non-hydrogen) atoms. The van der Waals surface area contributed by atoms with Gasteiger partial charge in [-0.25, -0.2) is 9.97 Å². The summed E-state index contributed by atoms with van der Waals surface area (Å²) in [5.41, 5.74) is 8.65. The molecule has 130 valence electrons. The quantitative estimate of drug-likeness (QED) is 0.661. The average Bonchev–Trinajstić information content (AvgIpc) is 2.61. The number of nitrogens with two attached hydrogens (primary N) is 1. The van der Waals surface area contributed by atoms with E-state index >= 15 is 0 Å². The largest absolute Gasteiger partial charge is 0.507 e. The van der Waals surface area contributed by atoms with Crippen LogP contribution in [0.5, 0.6) is 5.75 Å². The number of fused-ring (bicyclic) bond motifs is 1. The van der Waals surface area contributed by atoms with Gasteiger partial charge in [-0.2, -0.15) is 0 Å². The number of rotatable bonds is 5. The van der Waals surface area contributed by atoms with Crippen molar-refractivity contribution >= 4 is 16.7 Å². The molecule has 0 bridgehead atoms. The molecule has 5 nitrogen and oxygen atoms in total. The first kappa shape index (κ1) is 17.2. The summed E-state index contributed by atoms with van der Waals surface area (Å²) in [5, 5.41) is 14.5. The maximum absolute atomic E-state index is 10.2. The predicted octanol–water partition coefficient (Wildman–Crippen LogP) is 3.71. The molecule has 1 heterocycles. The zero-order valence-corrected chi connectivity index (χ0v) is 14.8. The van der Waals surface area contributed by atoms with Crippen molar-refractivity contribution in [3.05, 3.63) is 48.0 Å². The van der Waals surface area contributed by atoms with Crippen LogP contribution in [0.15, 0.2) is 42.5 Å². The lowest BCUT2D eigenvalue weighted by atomic mass is 10.1. The number of benzene rings is 2. The summed E-state index contributed by atoms with van der Waals surface area (Å²) in [5.74, 6) is 1.78. The second-order valence-corrected chi connectivity index (χ2v) is 6.72. The van der Waals surface area contributed by atoms with Crippen molar-refractivity contribution in [2.24, 2.45) is 11.7 Å². The number of phenolic OH excluding ortho intramolecular Hbond substituents is 1. The van der Waals surface area contributed by atoms with Crippen LogP contribution in [0.2, 0.25) is 0 Å². The average molecular weight is 336 g/mol. The molecule has 0 spiro atoms. The van der Waals surface area contributed by atoms with Crippen LogP contribution in [0.1, 0.15) is 19.4 Å². The summed E-state index contributed by atoms with van der Waals surface area (Å²) in [6, 6.07) is 13.3. The lowest BCUT2D eigenvalue weighted by molar-refractivity contribution is 0.477. The lowest BCUT2D eigenvalue weighted by Gasteiger charge is -2.18.